The molecule has 0 saturated carbocycles. The van der Waals surface area contributed by atoms with E-state index in [1.165, 1.54) is 11.0 Å². The smallest absolute Gasteiger partial charge is 0.255 e. The van der Waals surface area contributed by atoms with Crippen LogP contribution < -0.4 is 10.1 Å². The average Bonchev–Trinajstić information content (AvgIpc) is 3.37. The second-order valence-corrected chi connectivity index (χ2v) is 9.10. The van der Waals surface area contributed by atoms with Crippen LogP contribution in [-0.2, 0) is 6.42 Å². The molecule has 0 saturated heterocycles. The molecule has 3 heterocycles. The van der Waals surface area contributed by atoms with Crippen molar-refractivity contribution in [3.63, 3.8) is 0 Å². The van der Waals surface area contributed by atoms with Crippen LogP contribution in [0.15, 0.2) is 79.3 Å². The van der Waals surface area contributed by atoms with Gasteiger partial charge in [-0.3, -0.25) is 9.78 Å². The number of ether oxygens (including phenoxy) is 1. The highest BCUT2D eigenvalue weighted by molar-refractivity contribution is 6.02. The van der Waals surface area contributed by atoms with Crippen molar-refractivity contribution in [2.75, 3.05) is 33.1 Å². The van der Waals surface area contributed by atoms with Gasteiger partial charge in [0.05, 0.1) is 18.4 Å². The molecule has 3 aromatic heterocycles. The van der Waals surface area contributed by atoms with E-state index in [9.17, 15) is 4.79 Å². The first-order valence-electron chi connectivity index (χ1n) is 12.3. The number of pyridine rings is 2. The Morgan fingerprint density at radius 2 is 1.84 bits per heavy atom. The number of amides is 1. The van der Waals surface area contributed by atoms with Gasteiger partial charge in [-0.15, -0.1) is 0 Å². The number of nitrogens with one attached hydrogen (secondary N) is 2. The SMILES string of the molecule is COc1ccccc1-c1c[nH]c2ncc(-c3cc(F)c(NCCc4ccccn4)c(C(=O)N(C)C)c3)cc12. The summed E-state index contributed by atoms with van der Waals surface area (Å²) in [5.74, 6) is -0.0610. The molecule has 5 rings (SSSR count). The van der Waals surface area contributed by atoms with Crippen molar-refractivity contribution in [1.29, 1.82) is 0 Å². The van der Waals surface area contributed by atoms with Gasteiger partial charge in [0.15, 0.2) is 0 Å². The summed E-state index contributed by atoms with van der Waals surface area (Å²) in [6.07, 6.45) is 5.88. The first-order valence-corrected chi connectivity index (χ1v) is 12.3. The number of aromatic nitrogens is 3. The molecule has 1 amide bonds. The Hall–Kier alpha value is -4.72. The number of hydrogen-bond acceptors (Lipinski definition) is 5. The quantitative estimate of drug-likeness (QED) is 0.276. The van der Waals surface area contributed by atoms with Crippen molar-refractivity contribution >= 4 is 22.6 Å². The third-order valence-electron chi connectivity index (χ3n) is 6.40. The topological polar surface area (TPSA) is 83.1 Å². The molecule has 0 unspecified atom stereocenters. The number of carbonyl (C=O) groups excluding carboxylic acids is 1. The molecule has 38 heavy (non-hydrogen) atoms. The summed E-state index contributed by atoms with van der Waals surface area (Å²) in [6.45, 7) is 0.431. The Kier molecular flexibility index (Phi) is 7.04. The number of H-pyrrole nitrogens is 1. The lowest BCUT2D eigenvalue weighted by atomic mass is 9.99. The van der Waals surface area contributed by atoms with Crippen LogP contribution in [0.25, 0.3) is 33.3 Å². The highest BCUT2D eigenvalue weighted by Gasteiger charge is 2.20. The Morgan fingerprint density at radius 3 is 2.61 bits per heavy atom. The number of halogens is 1. The lowest BCUT2D eigenvalue weighted by Crippen LogP contribution is -2.24. The molecule has 5 aromatic rings. The van der Waals surface area contributed by atoms with E-state index in [0.29, 0.717) is 29.7 Å². The maximum Gasteiger partial charge on any atom is 0.255 e. The summed E-state index contributed by atoms with van der Waals surface area (Å²) in [5, 5.41) is 3.98. The van der Waals surface area contributed by atoms with Crippen LogP contribution in [0, 0.1) is 5.82 Å². The first-order chi connectivity index (χ1) is 18.5. The van der Waals surface area contributed by atoms with Gasteiger partial charge in [0.25, 0.3) is 5.91 Å². The number of anilines is 1. The van der Waals surface area contributed by atoms with Gasteiger partial charge < -0.3 is 19.9 Å². The van der Waals surface area contributed by atoms with Gasteiger partial charge in [0.2, 0.25) is 0 Å². The Bertz CT molecular complexity index is 1600. The number of benzene rings is 2. The highest BCUT2D eigenvalue weighted by atomic mass is 19.1. The summed E-state index contributed by atoms with van der Waals surface area (Å²) in [6, 6.07) is 18.5. The minimum Gasteiger partial charge on any atom is -0.496 e. The molecule has 2 aromatic carbocycles. The lowest BCUT2D eigenvalue weighted by Gasteiger charge is -2.18. The van der Waals surface area contributed by atoms with Gasteiger partial charge in [-0.1, -0.05) is 24.3 Å². The van der Waals surface area contributed by atoms with E-state index >= 15 is 4.39 Å². The van der Waals surface area contributed by atoms with Crippen LogP contribution in [-0.4, -0.2) is 53.5 Å². The van der Waals surface area contributed by atoms with Crippen molar-refractivity contribution in [1.82, 2.24) is 19.9 Å². The third kappa shape index (κ3) is 4.93. The van der Waals surface area contributed by atoms with Crippen LogP contribution in [0.1, 0.15) is 16.1 Å². The molecule has 0 fully saturated rings. The van der Waals surface area contributed by atoms with Crippen LogP contribution >= 0.6 is 0 Å². The minimum atomic E-state index is -0.507. The van der Waals surface area contributed by atoms with Crippen LogP contribution in [0.2, 0.25) is 0 Å². The number of hydrogen-bond donors (Lipinski definition) is 2. The van der Waals surface area contributed by atoms with Crippen molar-refractivity contribution in [3.8, 4) is 28.0 Å². The first kappa shape index (κ1) is 25.0. The summed E-state index contributed by atoms with van der Waals surface area (Å²) in [7, 11) is 4.93. The van der Waals surface area contributed by atoms with Gasteiger partial charge in [-0.05, 0) is 42.0 Å². The summed E-state index contributed by atoms with van der Waals surface area (Å²) < 4.78 is 21.1. The second kappa shape index (κ2) is 10.7. The molecule has 0 bridgehead atoms. The van der Waals surface area contributed by atoms with E-state index in [-0.39, 0.29) is 17.2 Å². The molecule has 0 aliphatic rings. The molecule has 0 spiro atoms. The normalized spacial score (nSPS) is 10.9. The van der Waals surface area contributed by atoms with Crippen molar-refractivity contribution < 1.29 is 13.9 Å². The zero-order valence-corrected chi connectivity index (χ0v) is 21.5. The summed E-state index contributed by atoms with van der Waals surface area (Å²) in [4.78, 5) is 26.6. The molecule has 0 aliphatic heterocycles. The van der Waals surface area contributed by atoms with E-state index in [1.54, 1.807) is 39.7 Å². The molecule has 2 N–H and O–H groups in total. The van der Waals surface area contributed by atoms with E-state index in [4.69, 9.17) is 4.74 Å². The lowest BCUT2D eigenvalue weighted by molar-refractivity contribution is 0.0828. The summed E-state index contributed by atoms with van der Waals surface area (Å²) >= 11 is 0. The fraction of sp³-hybridized carbons (Fsp3) is 0.167. The zero-order valence-electron chi connectivity index (χ0n) is 21.5. The van der Waals surface area contributed by atoms with E-state index in [1.807, 2.05) is 54.7 Å². The predicted octanol–water partition coefficient (Wildman–Crippen LogP) is 5.80. The monoisotopic (exact) mass is 509 g/mol. The van der Waals surface area contributed by atoms with Gasteiger partial charge in [-0.25, -0.2) is 9.37 Å². The Labute approximate surface area is 220 Å². The average molecular weight is 510 g/mol. The van der Waals surface area contributed by atoms with Gasteiger partial charge >= 0.3 is 0 Å². The molecule has 8 heteroatoms. The fourth-order valence-corrected chi connectivity index (χ4v) is 4.48. The molecule has 0 radical (unpaired) electrons. The van der Waals surface area contributed by atoms with E-state index < -0.39 is 5.82 Å². The zero-order chi connectivity index (χ0) is 26.6. The largest absolute Gasteiger partial charge is 0.496 e. The second-order valence-electron chi connectivity index (χ2n) is 9.10. The van der Waals surface area contributed by atoms with Crippen molar-refractivity contribution in [3.05, 3.63) is 96.3 Å². The van der Waals surface area contributed by atoms with Crippen molar-refractivity contribution in [2.24, 2.45) is 0 Å². The molecule has 7 nitrogen and oxygen atoms in total. The van der Waals surface area contributed by atoms with Crippen LogP contribution in [0.4, 0.5) is 10.1 Å². The molecular formula is C30H28FN5O2. The van der Waals surface area contributed by atoms with Crippen LogP contribution in [0.3, 0.4) is 0 Å². The van der Waals surface area contributed by atoms with Gasteiger partial charge in [0, 0.05) is 73.4 Å². The van der Waals surface area contributed by atoms with E-state index in [2.05, 4.69) is 20.3 Å². The molecule has 192 valence electrons. The number of methoxy groups -OCH3 is 1. The number of nitrogens with zero attached hydrogens (tertiary/aromatic N) is 3. The number of fused-ring (bicyclic) bond motifs is 1. The predicted molar refractivity (Wildman–Crippen MR) is 148 cm³/mol. The Morgan fingerprint density at radius 1 is 1.03 bits per heavy atom. The Balaban J connectivity index is 1.53. The fourth-order valence-electron chi connectivity index (χ4n) is 4.48. The standard InChI is InChI=1S/C30H28FN5O2/c1-36(2)30(37)24-14-19(16-26(31)28(24)33-13-11-21-8-6-7-12-32-21)20-15-23-25(18-35-29(23)34-17-20)22-9-4-5-10-27(22)38-3/h4-10,12,14-18,33H,11,13H2,1-3H3,(H,34,35). The van der Waals surface area contributed by atoms with Gasteiger partial charge in [0.1, 0.15) is 17.2 Å². The molecular weight excluding hydrogens is 481 g/mol. The maximum absolute atomic E-state index is 15.6. The molecule has 0 atom stereocenters. The number of aromatic amines is 1. The van der Waals surface area contributed by atoms with Crippen molar-refractivity contribution in [2.45, 2.75) is 6.42 Å². The van der Waals surface area contributed by atoms with Crippen LogP contribution in [0.5, 0.6) is 5.75 Å². The summed E-state index contributed by atoms with van der Waals surface area (Å²) in [5.41, 5.74) is 5.11. The minimum absolute atomic E-state index is 0.175. The third-order valence-corrected chi connectivity index (χ3v) is 6.40. The number of carbonyl (C=O) groups is 1. The maximum atomic E-state index is 15.6. The van der Waals surface area contributed by atoms with E-state index in [0.717, 1.165) is 28.0 Å². The molecule has 0 aliphatic carbocycles. The van der Waals surface area contributed by atoms with Gasteiger partial charge in [-0.2, -0.15) is 0 Å². The number of rotatable bonds is 8. The number of para-hydroxylation sites is 1. The highest BCUT2D eigenvalue weighted by Crippen LogP contribution is 2.37.